The average molecular weight is 685 g/mol. The molecule has 1 aromatic carbocycles. The van der Waals surface area contributed by atoms with Crippen LogP contribution >= 0.6 is 11.3 Å². The first-order valence-corrected chi connectivity index (χ1v) is 16.1. The van der Waals surface area contributed by atoms with Crippen molar-refractivity contribution >= 4 is 27.3 Å². The van der Waals surface area contributed by atoms with E-state index in [2.05, 4.69) is 19.9 Å². The minimum atomic E-state index is -5.28. The minimum Gasteiger partial charge on any atom is -0.481 e. The van der Waals surface area contributed by atoms with Crippen molar-refractivity contribution in [2.24, 2.45) is 11.3 Å². The summed E-state index contributed by atoms with van der Waals surface area (Å²) in [6.07, 6.45) is -5.30. The molecule has 45 heavy (non-hydrogen) atoms. The molecule has 0 radical (unpaired) electrons. The lowest BCUT2D eigenvalue weighted by atomic mass is 9.85. The van der Waals surface area contributed by atoms with E-state index in [1.54, 1.807) is 0 Å². The maximum absolute atomic E-state index is 13.5. The molecule has 18 heteroatoms. The molecule has 2 N–H and O–H groups in total. The fourth-order valence-electron chi connectivity index (χ4n) is 4.76. The fraction of sp³-hybridized carbons (Fsp3) is 0.556. The number of hydrogen-bond acceptors (Lipinski definition) is 9. The summed E-state index contributed by atoms with van der Waals surface area (Å²) in [6, 6.07) is -0.103. The topological polar surface area (TPSA) is 145 Å². The van der Waals surface area contributed by atoms with Crippen LogP contribution in [0, 0.1) is 11.3 Å². The number of rotatable bonds is 11. The number of sulfonamides is 1. The first-order valence-electron chi connectivity index (χ1n) is 13.8. The van der Waals surface area contributed by atoms with E-state index in [9.17, 15) is 44.7 Å². The third kappa shape index (κ3) is 8.72. The Bertz CT molecular complexity index is 1630. The zero-order chi connectivity index (χ0) is 33.4. The third-order valence-corrected chi connectivity index (χ3v) is 9.94. The molecule has 3 aromatic rings. The van der Waals surface area contributed by atoms with Crippen LogP contribution < -0.4 is 9.46 Å². The van der Waals surface area contributed by atoms with E-state index in [0.717, 1.165) is 55.6 Å². The number of hydrogen-bond donors (Lipinski definition) is 2. The minimum absolute atomic E-state index is 0.000723. The molecule has 0 amide bonds. The van der Waals surface area contributed by atoms with E-state index in [1.807, 2.05) is 0 Å². The SMILES string of the molecule is CC(NS(=O)(=O)c1ccc(-c2sc(-c3nnc(CC(C)(C)C(=O)O)o3)nc2CC2CCCCC2)c(OC(F)(F)F)c1)C(F)(F)F. The maximum Gasteiger partial charge on any atom is 0.573 e. The highest BCUT2D eigenvalue weighted by molar-refractivity contribution is 7.89. The molecule has 1 fully saturated rings. The van der Waals surface area contributed by atoms with Crippen molar-refractivity contribution in [1.82, 2.24) is 19.9 Å². The molecule has 248 valence electrons. The second-order valence-electron chi connectivity index (χ2n) is 11.5. The van der Waals surface area contributed by atoms with Crippen LogP contribution in [-0.4, -0.2) is 53.3 Å². The molecule has 0 bridgehead atoms. The summed E-state index contributed by atoms with van der Waals surface area (Å²) in [4.78, 5) is 15.4. The first-order chi connectivity index (χ1) is 20.7. The molecule has 0 spiro atoms. The second kappa shape index (κ2) is 12.9. The van der Waals surface area contributed by atoms with E-state index >= 15 is 0 Å². The van der Waals surface area contributed by atoms with Gasteiger partial charge < -0.3 is 14.3 Å². The Kier molecular flexibility index (Phi) is 9.90. The van der Waals surface area contributed by atoms with Crippen molar-refractivity contribution in [2.45, 2.75) is 89.2 Å². The van der Waals surface area contributed by atoms with Gasteiger partial charge in [0.15, 0.2) is 5.01 Å². The monoisotopic (exact) mass is 684 g/mol. The molecule has 4 rings (SSSR count). The summed E-state index contributed by atoms with van der Waals surface area (Å²) in [7, 11) is -4.91. The Labute approximate surface area is 258 Å². The number of carboxylic acids is 1. The number of thiazole rings is 1. The zero-order valence-corrected chi connectivity index (χ0v) is 25.9. The predicted molar refractivity (Wildman–Crippen MR) is 149 cm³/mol. The predicted octanol–water partition coefficient (Wildman–Crippen LogP) is 6.76. The van der Waals surface area contributed by atoms with Gasteiger partial charge in [-0.1, -0.05) is 32.1 Å². The van der Waals surface area contributed by atoms with E-state index in [4.69, 9.17) is 4.42 Å². The number of nitrogens with one attached hydrogen (secondary N) is 1. The standard InChI is InChI=1S/C27H30F6N4O6S2/c1-14(26(28,29)30)37-45(40,41)16-9-10-17(19(12-16)43-27(31,32)33)21-18(11-15-7-5-4-6-8-15)34-23(44-21)22-36-35-20(42-22)13-25(2,3)24(38)39/h9-10,12,14-15,37H,4-8,11,13H2,1-3H3,(H,38,39). The molecule has 1 saturated carbocycles. The largest absolute Gasteiger partial charge is 0.573 e. The summed E-state index contributed by atoms with van der Waals surface area (Å²) >= 11 is 0.875. The Morgan fingerprint density at radius 3 is 2.40 bits per heavy atom. The summed E-state index contributed by atoms with van der Waals surface area (Å²) < 4.78 is 116. The van der Waals surface area contributed by atoms with E-state index in [0.29, 0.717) is 25.1 Å². The normalized spacial score (nSPS) is 16.1. The van der Waals surface area contributed by atoms with Crippen LogP contribution in [0.5, 0.6) is 5.75 Å². The summed E-state index contributed by atoms with van der Waals surface area (Å²) in [5.74, 6) is -2.00. The van der Waals surface area contributed by atoms with Crippen molar-refractivity contribution in [3.8, 4) is 27.1 Å². The number of ether oxygens (including phenoxy) is 1. The molecular weight excluding hydrogens is 654 g/mol. The van der Waals surface area contributed by atoms with Crippen molar-refractivity contribution in [3.63, 3.8) is 0 Å². The number of nitrogens with zero attached hydrogens (tertiary/aromatic N) is 3. The maximum atomic E-state index is 13.5. The molecule has 10 nitrogen and oxygen atoms in total. The molecule has 2 heterocycles. The number of alkyl halides is 6. The highest BCUT2D eigenvalue weighted by Crippen LogP contribution is 2.44. The molecule has 0 aliphatic heterocycles. The van der Waals surface area contributed by atoms with Gasteiger partial charge in [-0.3, -0.25) is 4.79 Å². The molecule has 2 aromatic heterocycles. The number of aromatic nitrogens is 3. The van der Waals surface area contributed by atoms with Gasteiger partial charge in [-0.25, -0.2) is 13.4 Å². The van der Waals surface area contributed by atoms with Crippen LogP contribution in [-0.2, 0) is 27.7 Å². The van der Waals surface area contributed by atoms with Crippen molar-refractivity contribution < 1.29 is 53.8 Å². The van der Waals surface area contributed by atoms with Gasteiger partial charge in [0.2, 0.25) is 15.9 Å². The van der Waals surface area contributed by atoms with Gasteiger partial charge in [0, 0.05) is 18.1 Å². The van der Waals surface area contributed by atoms with Crippen LogP contribution in [0.2, 0.25) is 0 Å². The lowest BCUT2D eigenvalue weighted by Gasteiger charge is -2.21. The third-order valence-electron chi connectivity index (χ3n) is 7.28. The Hall–Kier alpha value is -3.25. The smallest absolute Gasteiger partial charge is 0.481 e. The molecule has 0 saturated heterocycles. The molecule has 1 atom stereocenters. The number of benzene rings is 1. The number of carbonyl (C=O) groups is 1. The number of aliphatic carboxylic acids is 1. The van der Waals surface area contributed by atoms with Crippen molar-refractivity contribution in [3.05, 3.63) is 29.8 Å². The zero-order valence-electron chi connectivity index (χ0n) is 24.3. The quantitative estimate of drug-likeness (QED) is 0.209. The number of carboxylic acid groups (broad SMARTS) is 1. The fourth-order valence-corrected chi connectivity index (χ4v) is 7.04. The van der Waals surface area contributed by atoms with E-state index in [-0.39, 0.29) is 39.6 Å². The van der Waals surface area contributed by atoms with Crippen LogP contribution in [0.1, 0.15) is 64.5 Å². The Morgan fingerprint density at radius 2 is 1.80 bits per heavy atom. The van der Waals surface area contributed by atoms with Gasteiger partial charge in [0.05, 0.1) is 20.9 Å². The summed E-state index contributed by atoms with van der Waals surface area (Å²) in [5.41, 5.74) is -1.07. The van der Waals surface area contributed by atoms with Gasteiger partial charge >= 0.3 is 18.5 Å². The highest BCUT2D eigenvalue weighted by atomic mass is 32.2. The lowest BCUT2D eigenvalue weighted by Crippen LogP contribution is -2.42. The van der Waals surface area contributed by atoms with Gasteiger partial charge in [-0.05, 0) is 45.2 Å². The van der Waals surface area contributed by atoms with E-state index < -0.39 is 50.6 Å². The first kappa shape index (κ1) is 34.6. The highest BCUT2D eigenvalue weighted by Gasteiger charge is 2.40. The lowest BCUT2D eigenvalue weighted by molar-refractivity contribution is -0.274. The Morgan fingerprint density at radius 1 is 1.13 bits per heavy atom. The molecule has 1 unspecified atom stereocenters. The van der Waals surface area contributed by atoms with Gasteiger partial charge in [0.25, 0.3) is 5.89 Å². The Balaban J connectivity index is 1.80. The van der Waals surface area contributed by atoms with Crippen molar-refractivity contribution in [1.29, 1.82) is 0 Å². The van der Waals surface area contributed by atoms with Crippen LogP contribution in [0.3, 0.4) is 0 Å². The van der Waals surface area contributed by atoms with Crippen LogP contribution in [0.25, 0.3) is 21.3 Å². The van der Waals surface area contributed by atoms with Gasteiger partial charge in [-0.2, -0.15) is 17.9 Å². The molecule has 1 aliphatic carbocycles. The van der Waals surface area contributed by atoms with Gasteiger partial charge in [0.1, 0.15) is 11.8 Å². The number of halogens is 6. The molecule has 1 aliphatic rings. The van der Waals surface area contributed by atoms with Gasteiger partial charge in [-0.15, -0.1) is 34.7 Å². The van der Waals surface area contributed by atoms with Crippen molar-refractivity contribution in [2.75, 3.05) is 0 Å². The second-order valence-corrected chi connectivity index (χ2v) is 14.2. The molecular formula is C27H30F6N4O6S2. The summed E-state index contributed by atoms with van der Waals surface area (Å²) in [5, 5.41) is 17.4. The average Bonchev–Trinajstić information content (AvgIpc) is 3.54. The van der Waals surface area contributed by atoms with Crippen LogP contribution in [0.15, 0.2) is 27.5 Å². The van der Waals surface area contributed by atoms with Crippen LogP contribution in [0.4, 0.5) is 26.3 Å². The van der Waals surface area contributed by atoms with E-state index in [1.165, 1.54) is 18.6 Å². The summed E-state index contributed by atoms with van der Waals surface area (Å²) in [6.45, 7) is 3.49.